The number of hydrogen-bond acceptors (Lipinski definition) is 3. The lowest BCUT2D eigenvalue weighted by atomic mass is 9.95. The molecule has 128 valence electrons. The standard InChI is InChI=1S/C19H23NO3S/c1-15-19-9-8-18(23-2)14-17(19)10-12-20(15)24(21,22)13-11-16-6-4-3-5-7-16/h3-9,14-15H,10-13H2,1-2H3. The maximum Gasteiger partial charge on any atom is 0.214 e. The van der Waals surface area contributed by atoms with Crippen molar-refractivity contribution in [3.05, 3.63) is 65.2 Å². The first kappa shape index (κ1) is 17.0. The summed E-state index contributed by atoms with van der Waals surface area (Å²) in [4.78, 5) is 0. The molecule has 0 N–H and O–H groups in total. The number of fused-ring (bicyclic) bond motifs is 1. The zero-order valence-corrected chi connectivity index (χ0v) is 14.9. The lowest BCUT2D eigenvalue weighted by Gasteiger charge is -2.34. The number of hydrogen-bond donors (Lipinski definition) is 0. The van der Waals surface area contributed by atoms with Crippen LogP contribution in [0.15, 0.2) is 48.5 Å². The summed E-state index contributed by atoms with van der Waals surface area (Å²) in [5.74, 6) is 0.966. The minimum Gasteiger partial charge on any atom is -0.497 e. The molecule has 3 rings (SSSR count). The molecule has 4 nitrogen and oxygen atoms in total. The summed E-state index contributed by atoms with van der Waals surface area (Å²) in [5, 5.41) is 0. The highest BCUT2D eigenvalue weighted by Crippen LogP contribution is 2.33. The number of methoxy groups -OCH3 is 1. The fraction of sp³-hybridized carbons (Fsp3) is 0.368. The monoisotopic (exact) mass is 345 g/mol. The Morgan fingerprint density at radius 2 is 1.92 bits per heavy atom. The van der Waals surface area contributed by atoms with Gasteiger partial charge >= 0.3 is 0 Å². The van der Waals surface area contributed by atoms with Crippen LogP contribution in [0.2, 0.25) is 0 Å². The van der Waals surface area contributed by atoms with Crippen molar-refractivity contribution < 1.29 is 13.2 Å². The first-order chi connectivity index (χ1) is 11.5. The summed E-state index contributed by atoms with van der Waals surface area (Å²) >= 11 is 0. The molecule has 0 fully saturated rings. The van der Waals surface area contributed by atoms with Crippen LogP contribution in [0.1, 0.15) is 29.7 Å². The first-order valence-electron chi connectivity index (χ1n) is 8.21. The van der Waals surface area contributed by atoms with Crippen molar-refractivity contribution in [1.82, 2.24) is 4.31 Å². The lowest BCUT2D eigenvalue weighted by Crippen LogP contribution is -2.40. The van der Waals surface area contributed by atoms with E-state index >= 15 is 0 Å². The van der Waals surface area contributed by atoms with Gasteiger partial charge in [-0.15, -0.1) is 0 Å². The molecule has 2 aromatic carbocycles. The number of benzene rings is 2. The number of rotatable bonds is 5. The minimum atomic E-state index is -3.29. The average molecular weight is 345 g/mol. The van der Waals surface area contributed by atoms with Crippen LogP contribution in [-0.4, -0.2) is 32.1 Å². The highest BCUT2D eigenvalue weighted by atomic mass is 32.2. The molecular weight excluding hydrogens is 322 g/mol. The third-order valence-electron chi connectivity index (χ3n) is 4.68. The van der Waals surface area contributed by atoms with E-state index in [0.717, 1.165) is 23.3 Å². The van der Waals surface area contributed by atoms with Crippen molar-refractivity contribution in [3.8, 4) is 5.75 Å². The van der Waals surface area contributed by atoms with Gasteiger partial charge in [-0.25, -0.2) is 8.42 Å². The summed E-state index contributed by atoms with van der Waals surface area (Å²) < 4.78 is 32.5. The zero-order chi connectivity index (χ0) is 17.2. The molecule has 5 heteroatoms. The molecule has 1 atom stereocenters. The van der Waals surface area contributed by atoms with E-state index < -0.39 is 10.0 Å². The van der Waals surface area contributed by atoms with Crippen molar-refractivity contribution in [2.45, 2.75) is 25.8 Å². The molecular formula is C19H23NO3S. The molecule has 2 aromatic rings. The first-order valence-corrected chi connectivity index (χ1v) is 9.82. The largest absolute Gasteiger partial charge is 0.497 e. The van der Waals surface area contributed by atoms with Gasteiger partial charge in [0.05, 0.1) is 12.9 Å². The van der Waals surface area contributed by atoms with E-state index in [1.165, 1.54) is 5.56 Å². The van der Waals surface area contributed by atoms with Gasteiger partial charge in [-0.2, -0.15) is 4.31 Å². The molecule has 1 unspecified atom stereocenters. The Morgan fingerprint density at radius 3 is 2.62 bits per heavy atom. The SMILES string of the molecule is COc1ccc2c(c1)CCN(S(=O)(=O)CCc1ccccc1)C2C. The molecule has 1 heterocycles. The maximum absolute atomic E-state index is 12.8. The van der Waals surface area contributed by atoms with Crippen LogP contribution in [0, 0.1) is 0 Å². The molecule has 0 aliphatic carbocycles. The summed E-state index contributed by atoms with van der Waals surface area (Å²) in [6, 6.07) is 15.5. The second-order valence-electron chi connectivity index (χ2n) is 6.15. The minimum absolute atomic E-state index is 0.138. The van der Waals surface area contributed by atoms with Crippen molar-refractivity contribution in [3.63, 3.8) is 0 Å². The average Bonchev–Trinajstić information content (AvgIpc) is 2.60. The number of aryl methyl sites for hydroxylation is 1. The predicted molar refractivity (Wildman–Crippen MR) is 95.8 cm³/mol. The van der Waals surface area contributed by atoms with Crippen LogP contribution < -0.4 is 4.74 Å². The summed E-state index contributed by atoms with van der Waals surface area (Å²) in [6.07, 6.45) is 1.27. The molecule has 0 spiro atoms. The number of sulfonamides is 1. The molecule has 24 heavy (non-hydrogen) atoms. The Hall–Kier alpha value is -1.85. The van der Waals surface area contributed by atoms with E-state index in [1.807, 2.05) is 55.5 Å². The maximum atomic E-state index is 12.8. The highest BCUT2D eigenvalue weighted by molar-refractivity contribution is 7.89. The highest BCUT2D eigenvalue weighted by Gasteiger charge is 2.32. The Kier molecular flexibility index (Phi) is 4.92. The Labute approximate surface area is 144 Å². The van der Waals surface area contributed by atoms with Gasteiger partial charge in [0.25, 0.3) is 0 Å². The van der Waals surface area contributed by atoms with Crippen LogP contribution in [0.5, 0.6) is 5.75 Å². The van der Waals surface area contributed by atoms with Gasteiger partial charge in [-0.05, 0) is 48.6 Å². The Balaban J connectivity index is 1.76. The fourth-order valence-corrected chi connectivity index (χ4v) is 4.99. The Morgan fingerprint density at radius 1 is 1.17 bits per heavy atom. The third-order valence-corrected chi connectivity index (χ3v) is 6.62. The lowest BCUT2D eigenvalue weighted by molar-refractivity contribution is 0.325. The van der Waals surface area contributed by atoms with E-state index in [0.29, 0.717) is 13.0 Å². The van der Waals surface area contributed by atoms with Crippen LogP contribution in [0.25, 0.3) is 0 Å². The van der Waals surface area contributed by atoms with E-state index in [9.17, 15) is 8.42 Å². The second kappa shape index (κ2) is 6.95. The smallest absolute Gasteiger partial charge is 0.214 e. The van der Waals surface area contributed by atoms with Crippen molar-refractivity contribution in [2.24, 2.45) is 0 Å². The molecule has 0 aromatic heterocycles. The van der Waals surface area contributed by atoms with Gasteiger partial charge in [-0.1, -0.05) is 36.4 Å². The topological polar surface area (TPSA) is 46.6 Å². The van der Waals surface area contributed by atoms with Crippen molar-refractivity contribution in [1.29, 1.82) is 0 Å². The van der Waals surface area contributed by atoms with Crippen LogP contribution in [0.3, 0.4) is 0 Å². The second-order valence-corrected chi connectivity index (χ2v) is 8.19. The van der Waals surface area contributed by atoms with Crippen molar-refractivity contribution in [2.75, 3.05) is 19.4 Å². The van der Waals surface area contributed by atoms with Gasteiger partial charge in [0, 0.05) is 12.6 Å². The zero-order valence-electron chi connectivity index (χ0n) is 14.1. The van der Waals surface area contributed by atoms with E-state index in [-0.39, 0.29) is 11.8 Å². The molecule has 1 aliphatic heterocycles. The molecule has 0 radical (unpaired) electrons. The number of ether oxygens (including phenoxy) is 1. The molecule has 0 bridgehead atoms. The molecule has 0 amide bonds. The van der Waals surface area contributed by atoms with Crippen molar-refractivity contribution >= 4 is 10.0 Å². The predicted octanol–water partition coefficient (Wildman–Crippen LogP) is 3.19. The quantitative estimate of drug-likeness (QED) is 0.836. The molecule has 0 saturated carbocycles. The van der Waals surface area contributed by atoms with Gasteiger partial charge in [0.2, 0.25) is 10.0 Å². The van der Waals surface area contributed by atoms with E-state index in [1.54, 1.807) is 11.4 Å². The van der Waals surface area contributed by atoms with E-state index in [2.05, 4.69) is 0 Å². The molecule has 1 aliphatic rings. The normalized spacial score (nSPS) is 18.2. The summed E-state index contributed by atoms with van der Waals surface area (Å²) in [7, 11) is -1.64. The Bertz CT molecular complexity index is 803. The van der Waals surface area contributed by atoms with Gasteiger partial charge < -0.3 is 4.74 Å². The third kappa shape index (κ3) is 3.47. The van der Waals surface area contributed by atoms with Crippen LogP contribution >= 0.6 is 0 Å². The van der Waals surface area contributed by atoms with Crippen LogP contribution in [0.4, 0.5) is 0 Å². The van der Waals surface area contributed by atoms with Gasteiger partial charge in [0.1, 0.15) is 5.75 Å². The van der Waals surface area contributed by atoms with Gasteiger partial charge in [0.15, 0.2) is 0 Å². The number of nitrogens with zero attached hydrogens (tertiary/aromatic N) is 1. The van der Waals surface area contributed by atoms with E-state index in [4.69, 9.17) is 4.74 Å². The fourth-order valence-electron chi connectivity index (χ4n) is 3.30. The molecule has 0 saturated heterocycles. The van der Waals surface area contributed by atoms with Crippen LogP contribution in [-0.2, 0) is 22.9 Å². The van der Waals surface area contributed by atoms with Gasteiger partial charge in [-0.3, -0.25) is 0 Å². The summed E-state index contributed by atoms with van der Waals surface area (Å²) in [5.41, 5.74) is 3.30. The summed E-state index contributed by atoms with van der Waals surface area (Å²) in [6.45, 7) is 2.49.